The largest absolute Gasteiger partial charge is 0.381 e. The highest BCUT2D eigenvalue weighted by atomic mass is 127. The van der Waals surface area contributed by atoms with E-state index in [1.165, 1.54) is 35.6 Å². The molecule has 5 heteroatoms. The minimum atomic E-state index is 0. The van der Waals surface area contributed by atoms with E-state index in [0.29, 0.717) is 0 Å². The lowest BCUT2D eigenvalue weighted by Gasteiger charge is -2.26. The van der Waals surface area contributed by atoms with Gasteiger partial charge in [0.05, 0.1) is 0 Å². The monoisotopic (exact) mass is 481 g/mol. The fourth-order valence-corrected chi connectivity index (χ4v) is 3.72. The van der Waals surface area contributed by atoms with Crippen LogP contribution in [0.4, 0.5) is 0 Å². The van der Waals surface area contributed by atoms with E-state index in [0.717, 1.165) is 44.6 Å². The number of hydrogen-bond acceptors (Lipinski definition) is 2. The van der Waals surface area contributed by atoms with Gasteiger partial charge in [0.25, 0.3) is 0 Å². The number of nitrogens with one attached hydrogen (secondary N) is 1. The average molecular weight is 481 g/mol. The molecule has 1 saturated heterocycles. The smallest absolute Gasteiger partial charge is 0.193 e. The number of rotatable bonds is 6. The van der Waals surface area contributed by atoms with Gasteiger partial charge in [0.2, 0.25) is 0 Å². The Kier molecular flexibility index (Phi) is 9.34. The zero-order chi connectivity index (χ0) is 18.2. The third kappa shape index (κ3) is 6.35. The fourth-order valence-electron chi connectivity index (χ4n) is 3.72. The van der Waals surface area contributed by atoms with Crippen LogP contribution in [-0.2, 0) is 11.2 Å². The van der Waals surface area contributed by atoms with Crippen molar-refractivity contribution >= 4 is 40.7 Å². The predicted molar refractivity (Wildman–Crippen MR) is 125 cm³/mol. The van der Waals surface area contributed by atoms with Crippen LogP contribution in [0, 0.1) is 5.92 Å². The number of ether oxygens (including phenoxy) is 1. The fraction of sp³-hybridized carbons (Fsp3) is 0.500. The minimum absolute atomic E-state index is 0. The van der Waals surface area contributed by atoms with E-state index in [4.69, 9.17) is 4.74 Å². The lowest BCUT2D eigenvalue weighted by Crippen LogP contribution is -2.40. The highest BCUT2D eigenvalue weighted by Gasteiger charge is 2.15. The second-order valence-corrected chi connectivity index (χ2v) is 7.13. The van der Waals surface area contributed by atoms with Gasteiger partial charge in [0.1, 0.15) is 0 Å². The molecule has 0 atom stereocenters. The molecule has 2 aromatic carbocycles. The van der Waals surface area contributed by atoms with Crippen LogP contribution >= 0.6 is 24.0 Å². The van der Waals surface area contributed by atoms with Gasteiger partial charge in [0, 0.05) is 40.4 Å². The van der Waals surface area contributed by atoms with E-state index in [1.54, 1.807) is 0 Å². The molecular formula is C22H32IN3O. The summed E-state index contributed by atoms with van der Waals surface area (Å²) in [7, 11) is 4.00. The first-order valence-electron chi connectivity index (χ1n) is 9.74. The van der Waals surface area contributed by atoms with E-state index < -0.39 is 0 Å². The normalized spacial score (nSPS) is 15.4. The van der Waals surface area contributed by atoms with Crippen LogP contribution in [0.2, 0.25) is 0 Å². The van der Waals surface area contributed by atoms with Crippen LogP contribution in [0.3, 0.4) is 0 Å². The molecule has 148 valence electrons. The Morgan fingerprint density at radius 2 is 1.89 bits per heavy atom. The first-order valence-corrected chi connectivity index (χ1v) is 9.74. The maximum absolute atomic E-state index is 5.45. The Morgan fingerprint density at radius 1 is 1.15 bits per heavy atom. The van der Waals surface area contributed by atoms with Crippen molar-refractivity contribution in [2.75, 3.05) is 40.4 Å². The molecule has 4 nitrogen and oxygen atoms in total. The summed E-state index contributed by atoms with van der Waals surface area (Å²) in [5.41, 5.74) is 1.39. The predicted octanol–water partition coefficient (Wildman–Crippen LogP) is 4.32. The number of fused-ring (bicyclic) bond motifs is 1. The van der Waals surface area contributed by atoms with Crippen molar-refractivity contribution in [1.29, 1.82) is 0 Å². The van der Waals surface area contributed by atoms with Gasteiger partial charge in [-0.05, 0) is 47.9 Å². The van der Waals surface area contributed by atoms with Gasteiger partial charge in [-0.15, -0.1) is 24.0 Å². The van der Waals surface area contributed by atoms with E-state index >= 15 is 0 Å². The number of guanidine groups is 1. The Bertz CT molecular complexity index is 723. The van der Waals surface area contributed by atoms with Crippen LogP contribution in [0.25, 0.3) is 10.8 Å². The molecule has 0 amide bonds. The number of halogens is 1. The summed E-state index contributed by atoms with van der Waals surface area (Å²) in [6, 6.07) is 15.1. The zero-order valence-corrected chi connectivity index (χ0v) is 18.8. The van der Waals surface area contributed by atoms with E-state index in [1.807, 2.05) is 7.05 Å². The molecule has 0 bridgehead atoms. The second kappa shape index (κ2) is 11.5. The summed E-state index contributed by atoms with van der Waals surface area (Å²) in [6.45, 7) is 3.78. The highest BCUT2D eigenvalue weighted by molar-refractivity contribution is 14.0. The van der Waals surface area contributed by atoms with Crippen molar-refractivity contribution in [3.8, 4) is 0 Å². The molecule has 1 N–H and O–H groups in total. The zero-order valence-electron chi connectivity index (χ0n) is 16.5. The minimum Gasteiger partial charge on any atom is -0.381 e. The quantitative estimate of drug-likeness (QED) is 0.379. The molecule has 3 rings (SSSR count). The molecule has 1 heterocycles. The van der Waals surface area contributed by atoms with Crippen LogP contribution in [-0.4, -0.2) is 51.3 Å². The molecule has 0 unspecified atom stereocenters. The van der Waals surface area contributed by atoms with Crippen LogP contribution < -0.4 is 5.32 Å². The molecular weight excluding hydrogens is 449 g/mol. The lowest BCUT2D eigenvalue weighted by atomic mass is 9.96. The van der Waals surface area contributed by atoms with Gasteiger partial charge in [-0.2, -0.15) is 0 Å². The van der Waals surface area contributed by atoms with Crippen molar-refractivity contribution < 1.29 is 4.74 Å². The first-order chi connectivity index (χ1) is 12.8. The van der Waals surface area contributed by atoms with Crippen molar-refractivity contribution in [1.82, 2.24) is 10.2 Å². The van der Waals surface area contributed by atoms with E-state index in [2.05, 4.69) is 64.7 Å². The molecule has 1 fully saturated rings. The summed E-state index contributed by atoms with van der Waals surface area (Å²) < 4.78 is 5.45. The molecule has 0 spiro atoms. The lowest BCUT2D eigenvalue weighted by molar-refractivity contribution is 0.0625. The molecule has 2 aromatic rings. The van der Waals surface area contributed by atoms with Crippen LogP contribution in [0.15, 0.2) is 47.5 Å². The summed E-state index contributed by atoms with van der Waals surface area (Å²) in [6.07, 6.45) is 4.60. The van der Waals surface area contributed by atoms with E-state index in [-0.39, 0.29) is 24.0 Å². The summed E-state index contributed by atoms with van der Waals surface area (Å²) >= 11 is 0. The first kappa shape index (κ1) is 22.0. The van der Waals surface area contributed by atoms with Gasteiger partial charge < -0.3 is 15.0 Å². The van der Waals surface area contributed by atoms with Gasteiger partial charge in [-0.1, -0.05) is 42.5 Å². The summed E-state index contributed by atoms with van der Waals surface area (Å²) in [4.78, 5) is 6.70. The maximum atomic E-state index is 5.45. The van der Waals surface area contributed by atoms with Crippen molar-refractivity contribution in [2.24, 2.45) is 10.9 Å². The molecule has 0 aliphatic carbocycles. The number of aliphatic imine (C=N–C) groups is 1. The topological polar surface area (TPSA) is 36.9 Å². The standard InChI is InChI=1S/C22H31N3O.HI/c1-23-22(25(2)15-11-18-12-16-26-17-13-18)24-14-10-20-8-5-7-19-6-3-4-9-21(19)20;/h3-9,18H,10-17H2,1-2H3,(H,23,24);1H. The van der Waals surface area contributed by atoms with Crippen LogP contribution in [0.5, 0.6) is 0 Å². The average Bonchev–Trinajstić information content (AvgIpc) is 2.70. The van der Waals surface area contributed by atoms with Gasteiger partial charge in [-0.3, -0.25) is 4.99 Å². The van der Waals surface area contributed by atoms with Gasteiger partial charge in [-0.25, -0.2) is 0 Å². The molecule has 0 saturated carbocycles. The van der Waals surface area contributed by atoms with Gasteiger partial charge in [0.15, 0.2) is 5.96 Å². The third-order valence-corrected chi connectivity index (χ3v) is 5.34. The van der Waals surface area contributed by atoms with Crippen molar-refractivity contribution in [3.05, 3.63) is 48.0 Å². The third-order valence-electron chi connectivity index (χ3n) is 5.34. The van der Waals surface area contributed by atoms with Crippen molar-refractivity contribution in [2.45, 2.75) is 25.7 Å². The Hall–Kier alpha value is -1.34. The highest BCUT2D eigenvalue weighted by Crippen LogP contribution is 2.19. The Morgan fingerprint density at radius 3 is 2.67 bits per heavy atom. The Labute approximate surface area is 180 Å². The Balaban J connectivity index is 0.00000261. The van der Waals surface area contributed by atoms with Crippen LogP contribution in [0.1, 0.15) is 24.8 Å². The van der Waals surface area contributed by atoms with E-state index in [9.17, 15) is 0 Å². The van der Waals surface area contributed by atoms with Gasteiger partial charge >= 0.3 is 0 Å². The summed E-state index contributed by atoms with van der Waals surface area (Å²) in [5.74, 6) is 1.78. The number of hydrogen-bond donors (Lipinski definition) is 1. The molecule has 0 aromatic heterocycles. The number of nitrogens with zero attached hydrogens (tertiary/aromatic N) is 2. The summed E-state index contributed by atoms with van der Waals surface area (Å²) in [5, 5.41) is 6.18. The molecule has 0 radical (unpaired) electrons. The van der Waals surface area contributed by atoms with Crippen molar-refractivity contribution in [3.63, 3.8) is 0 Å². The SMILES string of the molecule is CN=C(NCCc1cccc2ccccc12)N(C)CCC1CCOCC1.I. The molecule has 1 aliphatic heterocycles. The molecule has 1 aliphatic rings. The second-order valence-electron chi connectivity index (χ2n) is 7.13. The molecule has 27 heavy (non-hydrogen) atoms. The number of benzene rings is 2. The maximum Gasteiger partial charge on any atom is 0.193 e.